The van der Waals surface area contributed by atoms with Crippen LogP contribution in [0.4, 0.5) is 0 Å². The Morgan fingerprint density at radius 1 is 0.500 bits per heavy atom. The molecule has 11 nitrogen and oxygen atoms in total. The highest BCUT2D eigenvalue weighted by Gasteiger charge is 2.28. The Morgan fingerprint density at radius 3 is 1.30 bits per heavy atom. The quantitative estimate of drug-likeness (QED) is 0.0199. The molecule has 0 aliphatic heterocycles. The second-order valence-corrected chi connectivity index (χ2v) is 19.5. The molecule has 0 aliphatic rings. The normalized spacial score (nSPS) is 13.7. The Kier molecular flexibility index (Phi) is 45.9. The standard InChI is InChI=1S/C52H98NO10P/c1-3-5-7-9-11-13-15-17-19-21-23-24-26-27-29-31-33-35-37-39-41-43-50(55)53-49(52(57)58)47-63-64(59,60)62-46-48(54)45-61-51(56)44-42-40-38-36-34-32-30-28-25-22-20-18-16-14-12-10-8-6-4-2/h12,14,18,20,48-49,54H,3-11,13,15-17,19,21-47H2,1-2H3,(H,53,55)(H,57,58)(H,59,60)/b14-12-,20-18-. The molecule has 0 heterocycles. The highest BCUT2D eigenvalue weighted by Crippen LogP contribution is 2.43. The van der Waals surface area contributed by atoms with E-state index >= 15 is 0 Å². The number of phosphoric ester groups is 1. The first-order valence-electron chi connectivity index (χ1n) is 26.4. The zero-order chi connectivity index (χ0) is 47.0. The average Bonchev–Trinajstić information content (AvgIpc) is 3.27. The molecular weight excluding hydrogens is 830 g/mol. The smallest absolute Gasteiger partial charge is 0.472 e. The summed E-state index contributed by atoms with van der Waals surface area (Å²) in [7, 11) is -4.76. The van der Waals surface area contributed by atoms with Crippen LogP contribution >= 0.6 is 7.82 Å². The molecule has 0 aliphatic carbocycles. The van der Waals surface area contributed by atoms with E-state index in [4.69, 9.17) is 13.8 Å². The van der Waals surface area contributed by atoms with Crippen LogP contribution in [0.5, 0.6) is 0 Å². The van der Waals surface area contributed by atoms with Gasteiger partial charge in [0.2, 0.25) is 5.91 Å². The molecule has 12 heteroatoms. The van der Waals surface area contributed by atoms with Crippen LogP contribution in [-0.4, -0.2) is 64.9 Å². The number of allylic oxidation sites excluding steroid dienone is 4. The van der Waals surface area contributed by atoms with Gasteiger partial charge >= 0.3 is 19.8 Å². The molecule has 1 amide bonds. The monoisotopic (exact) mass is 928 g/mol. The van der Waals surface area contributed by atoms with Crippen LogP contribution < -0.4 is 5.32 Å². The van der Waals surface area contributed by atoms with Gasteiger partial charge in [-0.25, -0.2) is 9.36 Å². The van der Waals surface area contributed by atoms with E-state index in [2.05, 4.69) is 43.5 Å². The van der Waals surface area contributed by atoms with E-state index < -0.39 is 57.6 Å². The molecule has 0 aromatic rings. The number of carbonyl (C=O) groups excluding carboxylic acids is 2. The summed E-state index contributed by atoms with van der Waals surface area (Å²) in [6.45, 7) is 2.62. The predicted octanol–water partition coefficient (Wildman–Crippen LogP) is 14.6. The summed E-state index contributed by atoms with van der Waals surface area (Å²) < 4.78 is 27.0. The van der Waals surface area contributed by atoms with Crippen molar-refractivity contribution in [3.8, 4) is 0 Å². The van der Waals surface area contributed by atoms with Gasteiger partial charge in [-0.05, 0) is 44.9 Å². The van der Waals surface area contributed by atoms with Gasteiger partial charge < -0.3 is 25.2 Å². The molecule has 0 spiro atoms. The van der Waals surface area contributed by atoms with E-state index in [1.807, 2.05) is 0 Å². The minimum absolute atomic E-state index is 0.151. The number of hydrogen-bond donors (Lipinski definition) is 4. The van der Waals surface area contributed by atoms with Crippen LogP contribution in [0.2, 0.25) is 0 Å². The van der Waals surface area contributed by atoms with E-state index in [9.17, 15) is 34.1 Å². The zero-order valence-electron chi connectivity index (χ0n) is 41.1. The van der Waals surface area contributed by atoms with E-state index in [1.54, 1.807) is 0 Å². The third kappa shape index (κ3) is 46.5. The van der Waals surface area contributed by atoms with Crippen molar-refractivity contribution in [1.29, 1.82) is 0 Å². The number of carboxylic acids is 1. The van der Waals surface area contributed by atoms with Gasteiger partial charge in [0.1, 0.15) is 12.7 Å². The first-order valence-corrected chi connectivity index (χ1v) is 27.9. The first-order chi connectivity index (χ1) is 31.1. The summed E-state index contributed by atoms with van der Waals surface area (Å²) in [6.07, 6.45) is 52.0. The summed E-state index contributed by atoms with van der Waals surface area (Å²) in [5.41, 5.74) is 0. The number of esters is 1. The molecule has 64 heavy (non-hydrogen) atoms. The number of ether oxygens (including phenoxy) is 1. The molecule has 0 saturated carbocycles. The zero-order valence-corrected chi connectivity index (χ0v) is 42.0. The lowest BCUT2D eigenvalue weighted by Gasteiger charge is -2.18. The molecule has 4 N–H and O–H groups in total. The fraction of sp³-hybridized carbons (Fsp3) is 0.865. The van der Waals surface area contributed by atoms with Crippen molar-refractivity contribution >= 4 is 25.7 Å². The summed E-state index contributed by atoms with van der Waals surface area (Å²) in [5, 5.41) is 21.9. The predicted molar refractivity (Wildman–Crippen MR) is 263 cm³/mol. The number of aliphatic carboxylic acids is 1. The van der Waals surface area contributed by atoms with Crippen molar-refractivity contribution in [2.45, 2.75) is 270 Å². The Hall–Kier alpha value is -2.04. The van der Waals surface area contributed by atoms with Gasteiger partial charge in [0.25, 0.3) is 0 Å². The number of unbranched alkanes of at least 4 members (excludes halogenated alkanes) is 32. The number of nitrogens with one attached hydrogen (secondary N) is 1. The van der Waals surface area contributed by atoms with Gasteiger partial charge in [-0.3, -0.25) is 18.6 Å². The fourth-order valence-electron chi connectivity index (χ4n) is 7.64. The second kappa shape index (κ2) is 47.5. The van der Waals surface area contributed by atoms with Crippen LogP contribution in [0.1, 0.15) is 258 Å². The minimum Gasteiger partial charge on any atom is -0.480 e. The van der Waals surface area contributed by atoms with Crippen LogP contribution in [0.25, 0.3) is 0 Å². The molecule has 0 rings (SSSR count). The van der Waals surface area contributed by atoms with Crippen molar-refractivity contribution in [2.24, 2.45) is 0 Å². The van der Waals surface area contributed by atoms with Crippen molar-refractivity contribution < 1.29 is 47.8 Å². The lowest BCUT2D eigenvalue weighted by atomic mass is 10.0. The van der Waals surface area contributed by atoms with Gasteiger partial charge in [-0.1, -0.05) is 224 Å². The first kappa shape index (κ1) is 62.0. The summed E-state index contributed by atoms with van der Waals surface area (Å²) in [4.78, 5) is 46.1. The van der Waals surface area contributed by atoms with E-state index in [0.717, 1.165) is 51.4 Å². The topological polar surface area (TPSA) is 169 Å². The molecule has 3 atom stereocenters. The Morgan fingerprint density at radius 2 is 0.859 bits per heavy atom. The summed E-state index contributed by atoms with van der Waals surface area (Å²) in [5.74, 6) is -2.36. The average molecular weight is 928 g/mol. The molecule has 376 valence electrons. The molecule has 0 aromatic carbocycles. The number of amides is 1. The number of carboxylic acid groups (broad SMARTS) is 1. The van der Waals surface area contributed by atoms with Crippen molar-refractivity contribution in [1.82, 2.24) is 5.32 Å². The van der Waals surface area contributed by atoms with Gasteiger partial charge in [0.05, 0.1) is 13.2 Å². The van der Waals surface area contributed by atoms with Gasteiger partial charge in [0.15, 0.2) is 6.04 Å². The Bertz CT molecular complexity index is 1180. The third-order valence-corrected chi connectivity index (χ3v) is 12.7. The van der Waals surface area contributed by atoms with Crippen LogP contribution in [-0.2, 0) is 32.7 Å². The summed E-state index contributed by atoms with van der Waals surface area (Å²) >= 11 is 0. The molecule has 0 bridgehead atoms. The molecule has 0 saturated heterocycles. The maximum atomic E-state index is 12.4. The largest absolute Gasteiger partial charge is 0.480 e. The number of rotatable bonds is 50. The van der Waals surface area contributed by atoms with E-state index in [-0.39, 0.29) is 12.8 Å². The molecular formula is C52H98NO10P. The number of carbonyl (C=O) groups is 3. The number of phosphoric acid groups is 1. The SMILES string of the molecule is CCCCC/C=C\C/C=C\CCCCCCCCCCCC(=O)OCC(O)COP(=O)(O)OCC(NC(=O)CCCCCCCCCCCCCCCCCCCCCCC)C(=O)O. The van der Waals surface area contributed by atoms with Crippen LogP contribution in [0.15, 0.2) is 24.3 Å². The van der Waals surface area contributed by atoms with Crippen molar-refractivity contribution in [2.75, 3.05) is 19.8 Å². The van der Waals surface area contributed by atoms with Gasteiger partial charge in [0, 0.05) is 12.8 Å². The molecule has 0 radical (unpaired) electrons. The number of aliphatic hydroxyl groups is 1. The minimum atomic E-state index is -4.76. The second-order valence-electron chi connectivity index (χ2n) is 18.1. The lowest BCUT2D eigenvalue weighted by Crippen LogP contribution is -2.43. The Labute approximate surface area is 391 Å². The van der Waals surface area contributed by atoms with E-state index in [0.29, 0.717) is 12.8 Å². The number of hydrogen-bond acceptors (Lipinski definition) is 8. The van der Waals surface area contributed by atoms with Gasteiger partial charge in [-0.15, -0.1) is 0 Å². The third-order valence-electron chi connectivity index (χ3n) is 11.7. The van der Waals surface area contributed by atoms with Crippen molar-refractivity contribution in [3.63, 3.8) is 0 Å². The maximum Gasteiger partial charge on any atom is 0.472 e. The lowest BCUT2D eigenvalue weighted by molar-refractivity contribution is -0.147. The Balaban J connectivity index is 3.79. The highest BCUT2D eigenvalue weighted by atomic mass is 31.2. The van der Waals surface area contributed by atoms with E-state index in [1.165, 1.54) is 167 Å². The van der Waals surface area contributed by atoms with Crippen LogP contribution in [0.3, 0.4) is 0 Å². The fourth-order valence-corrected chi connectivity index (χ4v) is 8.41. The number of aliphatic hydroxyl groups excluding tert-OH is 1. The molecule has 0 fully saturated rings. The molecule has 3 unspecified atom stereocenters. The highest BCUT2D eigenvalue weighted by molar-refractivity contribution is 7.47. The summed E-state index contributed by atoms with van der Waals surface area (Å²) in [6, 6.07) is -1.54. The van der Waals surface area contributed by atoms with Crippen molar-refractivity contribution in [3.05, 3.63) is 24.3 Å². The maximum absolute atomic E-state index is 12.4. The van der Waals surface area contributed by atoms with Crippen LogP contribution in [0, 0.1) is 0 Å². The molecule has 0 aromatic heterocycles. The van der Waals surface area contributed by atoms with Gasteiger partial charge in [-0.2, -0.15) is 0 Å².